The Balaban J connectivity index is 2.26. The topological polar surface area (TPSA) is 55.8 Å². The van der Waals surface area contributed by atoms with Crippen molar-refractivity contribution in [3.05, 3.63) is 23.8 Å². The minimum absolute atomic E-state index is 0.274. The second-order valence-corrected chi connectivity index (χ2v) is 3.77. The first kappa shape index (κ1) is 10.4. The van der Waals surface area contributed by atoms with E-state index >= 15 is 0 Å². The summed E-state index contributed by atoms with van der Waals surface area (Å²) in [4.78, 5) is 11.3. The average molecular weight is 210 g/mol. The second-order valence-electron chi connectivity index (χ2n) is 3.77. The number of carbonyl (C=O) groups excluding carboxylic acids is 1. The lowest BCUT2D eigenvalue weighted by Crippen LogP contribution is -2.38. The van der Waals surface area contributed by atoms with E-state index in [1.807, 2.05) is 13.0 Å². The molecule has 2 rings (SSSR count). The molecule has 0 radical (unpaired) electrons. The number of fused-ring (bicyclic) bond motifs is 1. The summed E-state index contributed by atoms with van der Waals surface area (Å²) in [6.45, 7) is 3.64. The molecule has 2 heterocycles. The molecule has 0 aliphatic carbocycles. The fourth-order valence-corrected chi connectivity index (χ4v) is 1.89. The predicted octanol–water partition coefficient (Wildman–Crippen LogP) is 0.562. The smallest absolute Gasteiger partial charge is 0.336 e. The largest absolute Gasteiger partial charge is 0.456 e. The van der Waals surface area contributed by atoms with Crippen LogP contribution in [0.1, 0.15) is 13.8 Å². The molecule has 0 aromatic rings. The monoisotopic (exact) mass is 210 g/mol. The molecule has 82 valence electrons. The lowest BCUT2D eigenvalue weighted by atomic mass is 10.00. The number of hydrogen-bond acceptors (Lipinski definition) is 4. The van der Waals surface area contributed by atoms with Crippen LogP contribution < -0.4 is 0 Å². The Bertz CT molecular complexity index is 331. The van der Waals surface area contributed by atoms with Gasteiger partial charge in [0.25, 0.3) is 0 Å². The lowest BCUT2D eigenvalue weighted by Gasteiger charge is -2.28. The molecule has 2 aliphatic rings. The standard InChI is InChI=1S/C11H14O4/c1-3-4-9-8(12)5-7-10(15-9)6(2)14-11(7)13/h3-6,8-10,12H,1-2H3/b4-3-/t6-,8+,9+,10+/m0/s1. The van der Waals surface area contributed by atoms with Gasteiger partial charge in [-0.1, -0.05) is 12.2 Å². The van der Waals surface area contributed by atoms with E-state index in [0.717, 1.165) is 0 Å². The highest BCUT2D eigenvalue weighted by atomic mass is 16.6. The molecular formula is C11H14O4. The van der Waals surface area contributed by atoms with Crippen molar-refractivity contribution in [2.24, 2.45) is 0 Å². The van der Waals surface area contributed by atoms with Crippen LogP contribution in [0.15, 0.2) is 23.8 Å². The van der Waals surface area contributed by atoms with Crippen molar-refractivity contribution in [1.29, 1.82) is 0 Å². The highest BCUT2D eigenvalue weighted by molar-refractivity contribution is 5.92. The maximum Gasteiger partial charge on any atom is 0.336 e. The minimum Gasteiger partial charge on any atom is -0.456 e. The van der Waals surface area contributed by atoms with Gasteiger partial charge in [0, 0.05) is 0 Å². The van der Waals surface area contributed by atoms with Crippen molar-refractivity contribution in [3.8, 4) is 0 Å². The van der Waals surface area contributed by atoms with E-state index in [4.69, 9.17) is 9.47 Å². The van der Waals surface area contributed by atoms with E-state index < -0.39 is 6.10 Å². The number of aliphatic hydroxyl groups is 1. The molecule has 1 N–H and O–H groups in total. The number of esters is 1. The van der Waals surface area contributed by atoms with Gasteiger partial charge in [-0.05, 0) is 19.9 Å². The van der Waals surface area contributed by atoms with Gasteiger partial charge in [0.05, 0.1) is 5.57 Å². The third-order valence-corrected chi connectivity index (χ3v) is 2.63. The number of allylic oxidation sites excluding steroid dienone is 1. The van der Waals surface area contributed by atoms with Crippen LogP contribution in [0.2, 0.25) is 0 Å². The van der Waals surface area contributed by atoms with Gasteiger partial charge in [-0.2, -0.15) is 0 Å². The minimum atomic E-state index is -0.773. The quantitative estimate of drug-likeness (QED) is 0.507. The summed E-state index contributed by atoms with van der Waals surface area (Å²) in [5.41, 5.74) is 0.441. The third kappa shape index (κ3) is 1.70. The van der Waals surface area contributed by atoms with Crippen molar-refractivity contribution in [3.63, 3.8) is 0 Å². The third-order valence-electron chi connectivity index (χ3n) is 2.63. The van der Waals surface area contributed by atoms with E-state index in [1.54, 1.807) is 13.0 Å². The maximum absolute atomic E-state index is 11.3. The van der Waals surface area contributed by atoms with Gasteiger partial charge in [0.1, 0.15) is 24.4 Å². The SMILES string of the molecule is C/C=C\[C@H]1O[C@H]2C(=C[C@H]1O)C(=O)O[C@H]2C. The van der Waals surface area contributed by atoms with Crippen molar-refractivity contribution < 1.29 is 19.4 Å². The normalized spacial score (nSPS) is 40.2. The molecule has 1 saturated heterocycles. The van der Waals surface area contributed by atoms with Crippen LogP contribution in [0.4, 0.5) is 0 Å². The van der Waals surface area contributed by atoms with Crippen LogP contribution in [0.25, 0.3) is 0 Å². The van der Waals surface area contributed by atoms with E-state index in [0.29, 0.717) is 5.57 Å². The first-order chi connectivity index (χ1) is 7.13. The Kier molecular flexibility index (Phi) is 2.63. The summed E-state index contributed by atoms with van der Waals surface area (Å²) in [5.74, 6) is -0.384. The molecule has 0 saturated carbocycles. The van der Waals surface area contributed by atoms with Crippen molar-refractivity contribution in [2.75, 3.05) is 0 Å². The van der Waals surface area contributed by atoms with Gasteiger partial charge >= 0.3 is 5.97 Å². The van der Waals surface area contributed by atoms with Gasteiger partial charge < -0.3 is 14.6 Å². The van der Waals surface area contributed by atoms with Crippen LogP contribution in [0.3, 0.4) is 0 Å². The summed E-state index contributed by atoms with van der Waals surface area (Å²) in [5, 5.41) is 9.69. The number of cyclic esters (lactones) is 1. The molecule has 2 aliphatic heterocycles. The maximum atomic E-state index is 11.3. The Labute approximate surface area is 88.2 Å². The Morgan fingerprint density at radius 3 is 2.93 bits per heavy atom. The summed E-state index contributed by atoms with van der Waals surface area (Å²) in [6, 6.07) is 0. The van der Waals surface area contributed by atoms with Crippen LogP contribution >= 0.6 is 0 Å². The van der Waals surface area contributed by atoms with Crippen LogP contribution in [0, 0.1) is 0 Å². The molecule has 15 heavy (non-hydrogen) atoms. The summed E-state index contributed by atoms with van der Waals surface area (Å²) in [7, 11) is 0. The molecule has 0 bridgehead atoms. The molecule has 0 amide bonds. The molecule has 4 atom stereocenters. The lowest BCUT2D eigenvalue weighted by molar-refractivity contribution is -0.139. The second kappa shape index (κ2) is 3.79. The number of hydrogen-bond donors (Lipinski definition) is 1. The number of aliphatic hydroxyl groups excluding tert-OH is 1. The molecule has 4 nitrogen and oxygen atoms in total. The number of ether oxygens (including phenoxy) is 2. The predicted molar refractivity (Wildman–Crippen MR) is 53.1 cm³/mol. The first-order valence-electron chi connectivity index (χ1n) is 5.02. The molecule has 0 aromatic heterocycles. The van der Waals surface area contributed by atoms with E-state index in [2.05, 4.69) is 0 Å². The Morgan fingerprint density at radius 1 is 1.53 bits per heavy atom. The molecular weight excluding hydrogens is 196 g/mol. The van der Waals surface area contributed by atoms with Gasteiger partial charge in [-0.15, -0.1) is 0 Å². The highest BCUT2D eigenvalue weighted by Gasteiger charge is 2.43. The summed E-state index contributed by atoms with van der Waals surface area (Å²) < 4.78 is 10.6. The van der Waals surface area contributed by atoms with Crippen LogP contribution in [-0.4, -0.2) is 35.5 Å². The van der Waals surface area contributed by atoms with Crippen molar-refractivity contribution in [1.82, 2.24) is 0 Å². The van der Waals surface area contributed by atoms with Gasteiger partial charge in [-0.25, -0.2) is 4.79 Å². The van der Waals surface area contributed by atoms with Crippen molar-refractivity contribution in [2.45, 2.75) is 38.3 Å². The molecule has 4 heteroatoms. The number of rotatable bonds is 1. The fraction of sp³-hybridized carbons (Fsp3) is 0.545. The molecule has 1 fully saturated rings. The Morgan fingerprint density at radius 2 is 2.27 bits per heavy atom. The van der Waals surface area contributed by atoms with Gasteiger partial charge in [-0.3, -0.25) is 0 Å². The zero-order valence-corrected chi connectivity index (χ0v) is 8.71. The van der Waals surface area contributed by atoms with Crippen LogP contribution in [-0.2, 0) is 14.3 Å². The van der Waals surface area contributed by atoms with Crippen molar-refractivity contribution >= 4 is 5.97 Å². The zero-order chi connectivity index (χ0) is 11.0. The van der Waals surface area contributed by atoms with E-state index in [-0.39, 0.29) is 24.3 Å². The highest BCUT2D eigenvalue weighted by Crippen LogP contribution is 2.30. The number of carbonyl (C=O) groups is 1. The first-order valence-corrected chi connectivity index (χ1v) is 5.02. The van der Waals surface area contributed by atoms with Gasteiger partial charge in [0.2, 0.25) is 0 Å². The average Bonchev–Trinajstić information content (AvgIpc) is 2.44. The molecule has 0 unspecified atom stereocenters. The fourth-order valence-electron chi connectivity index (χ4n) is 1.89. The molecule has 0 spiro atoms. The van der Waals surface area contributed by atoms with Crippen LogP contribution in [0.5, 0.6) is 0 Å². The summed E-state index contributed by atoms with van der Waals surface area (Å²) >= 11 is 0. The van der Waals surface area contributed by atoms with E-state index in [9.17, 15) is 9.90 Å². The van der Waals surface area contributed by atoms with Gasteiger partial charge in [0.15, 0.2) is 0 Å². The molecule has 0 aromatic carbocycles. The van der Waals surface area contributed by atoms with E-state index in [1.165, 1.54) is 6.08 Å². The zero-order valence-electron chi connectivity index (χ0n) is 8.71. The summed E-state index contributed by atoms with van der Waals surface area (Å²) in [6.07, 6.45) is 3.34. The Hall–Kier alpha value is -1.13.